The van der Waals surface area contributed by atoms with Gasteiger partial charge < -0.3 is 19.1 Å². The van der Waals surface area contributed by atoms with Gasteiger partial charge in [0.1, 0.15) is 11.5 Å². The molecule has 0 atom stereocenters. The van der Waals surface area contributed by atoms with E-state index in [-0.39, 0.29) is 0 Å². The highest BCUT2D eigenvalue weighted by Crippen LogP contribution is 2.24. The third-order valence-corrected chi connectivity index (χ3v) is 4.42. The lowest BCUT2D eigenvalue weighted by Crippen LogP contribution is -2.33. The van der Waals surface area contributed by atoms with Crippen LogP contribution in [0.2, 0.25) is 5.02 Å². The maximum atomic E-state index is 6.18. The largest absolute Gasteiger partial charge is 0.467 e. The molecule has 0 unspecified atom stereocenters. The zero-order valence-corrected chi connectivity index (χ0v) is 14.7. The van der Waals surface area contributed by atoms with E-state index in [4.69, 9.17) is 32.7 Å². The monoisotopic (exact) mass is 360 g/mol. The molecule has 124 valence electrons. The highest BCUT2D eigenvalue weighted by molar-refractivity contribution is 7.80. The molecule has 1 aromatic carbocycles. The highest BCUT2D eigenvalue weighted by Gasteiger charge is 2.15. The molecule has 0 radical (unpaired) electrons. The first kappa shape index (κ1) is 16.6. The van der Waals surface area contributed by atoms with Crippen molar-refractivity contribution in [3.8, 4) is 0 Å². The standard InChI is InChI=1S/C18H17ClN2O2S/c1-13-16(19)7-2-8-17(13)20-18(24)21(11-14-5-3-9-22-14)12-15-6-4-10-23-15/h2-10H,11-12H2,1H3,(H,20,24). The predicted molar refractivity (Wildman–Crippen MR) is 99.1 cm³/mol. The van der Waals surface area contributed by atoms with Gasteiger partial charge in [-0.1, -0.05) is 17.7 Å². The summed E-state index contributed by atoms with van der Waals surface area (Å²) < 4.78 is 10.9. The van der Waals surface area contributed by atoms with Crippen LogP contribution in [0.3, 0.4) is 0 Å². The molecule has 0 aliphatic carbocycles. The summed E-state index contributed by atoms with van der Waals surface area (Å²) in [5, 5.41) is 4.54. The third kappa shape index (κ3) is 3.99. The Morgan fingerprint density at radius 1 is 1.04 bits per heavy atom. The van der Waals surface area contributed by atoms with Gasteiger partial charge in [-0.2, -0.15) is 0 Å². The summed E-state index contributed by atoms with van der Waals surface area (Å²) in [5.41, 5.74) is 1.84. The van der Waals surface area contributed by atoms with Gasteiger partial charge in [0, 0.05) is 10.7 Å². The second-order valence-electron chi connectivity index (χ2n) is 5.36. The second kappa shape index (κ2) is 7.55. The predicted octanol–water partition coefficient (Wildman–Crippen LogP) is 5.23. The Morgan fingerprint density at radius 2 is 1.67 bits per heavy atom. The van der Waals surface area contributed by atoms with E-state index in [1.54, 1.807) is 12.5 Å². The lowest BCUT2D eigenvalue weighted by molar-refractivity contribution is 0.329. The van der Waals surface area contributed by atoms with Crippen LogP contribution in [0.15, 0.2) is 63.8 Å². The molecule has 2 heterocycles. The van der Waals surface area contributed by atoms with Crippen LogP contribution in [0.1, 0.15) is 17.1 Å². The van der Waals surface area contributed by atoms with Crippen LogP contribution >= 0.6 is 23.8 Å². The molecule has 4 nitrogen and oxygen atoms in total. The van der Waals surface area contributed by atoms with Crippen LogP contribution in [0.5, 0.6) is 0 Å². The molecule has 24 heavy (non-hydrogen) atoms. The van der Waals surface area contributed by atoms with E-state index >= 15 is 0 Å². The number of thiocarbonyl (C=S) groups is 1. The van der Waals surface area contributed by atoms with Crippen molar-refractivity contribution in [2.24, 2.45) is 0 Å². The number of hydrogen-bond acceptors (Lipinski definition) is 3. The SMILES string of the molecule is Cc1c(Cl)cccc1NC(=S)N(Cc1ccco1)Cc1ccco1. The van der Waals surface area contributed by atoms with E-state index in [1.807, 2.05) is 54.3 Å². The minimum atomic E-state index is 0.541. The van der Waals surface area contributed by atoms with Crippen LogP contribution < -0.4 is 5.32 Å². The molecule has 0 saturated heterocycles. The summed E-state index contributed by atoms with van der Waals surface area (Å²) in [6, 6.07) is 13.3. The van der Waals surface area contributed by atoms with E-state index in [2.05, 4.69) is 5.32 Å². The molecule has 3 rings (SSSR count). The summed E-state index contributed by atoms with van der Waals surface area (Å²) in [7, 11) is 0. The lowest BCUT2D eigenvalue weighted by atomic mass is 10.2. The molecule has 0 spiro atoms. The smallest absolute Gasteiger partial charge is 0.174 e. The van der Waals surface area contributed by atoms with Gasteiger partial charge in [-0.25, -0.2) is 0 Å². The molecular formula is C18H17ClN2O2S. The average Bonchev–Trinajstić information content (AvgIpc) is 3.25. The zero-order valence-electron chi connectivity index (χ0n) is 13.2. The Hall–Kier alpha value is -2.24. The maximum Gasteiger partial charge on any atom is 0.174 e. The van der Waals surface area contributed by atoms with Crippen molar-refractivity contribution in [3.63, 3.8) is 0 Å². The van der Waals surface area contributed by atoms with Crippen molar-refractivity contribution in [2.75, 3.05) is 5.32 Å². The average molecular weight is 361 g/mol. The molecule has 6 heteroatoms. The first-order valence-electron chi connectivity index (χ1n) is 7.49. The minimum Gasteiger partial charge on any atom is -0.467 e. The van der Waals surface area contributed by atoms with Gasteiger partial charge in [0.25, 0.3) is 0 Å². The lowest BCUT2D eigenvalue weighted by Gasteiger charge is -2.24. The number of nitrogens with zero attached hydrogens (tertiary/aromatic N) is 1. The van der Waals surface area contributed by atoms with Gasteiger partial charge in [-0.05, 0) is 61.1 Å². The molecule has 3 aromatic rings. The molecule has 0 amide bonds. The van der Waals surface area contributed by atoms with Crippen LogP contribution in [0.25, 0.3) is 0 Å². The summed E-state index contributed by atoms with van der Waals surface area (Å²) in [6.07, 6.45) is 3.30. The van der Waals surface area contributed by atoms with Gasteiger partial charge in [-0.3, -0.25) is 0 Å². The number of halogens is 1. The van der Waals surface area contributed by atoms with Crippen LogP contribution in [-0.2, 0) is 13.1 Å². The molecule has 1 N–H and O–H groups in total. The molecule has 0 saturated carbocycles. The van der Waals surface area contributed by atoms with Crippen LogP contribution in [-0.4, -0.2) is 10.0 Å². The number of nitrogens with one attached hydrogen (secondary N) is 1. The summed E-state index contributed by atoms with van der Waals surface area (Å²) in [5.74, 6) is 1.65. The second-order valence-corrected chi connectivity index (χ2v) is 6.15. The third-order valence-electron chi connectivity index (χ3n) is 3.65. The van der Waals surface area contributed by atoms with E-state index in [0.29, 0.717) is 23.2 Å². The fourth-order valence-corrected chi connectivity index (χ4v) is 2.73. The summed E-state index contributed by atoms with van der Waals surface area (Å²) in [4.78, 5) is 1.98. The molecule has 0 aliphatic heterocycles. The van der Waals surface area contributed by atoms with Gasteiger partial charge in [0.05, 0.1) is 25.6 Å². The summed E-state index contributed by atoms with van der Waals surface area (Å²) in [6.45, 7) is 3.04. The molecule has 0 bridgehead atoms. The van der Waals surface area contributed by atoms with Gasteiger partial charge in [0.15, 0.2) is 5.11 Å². The van der Waals surface area contributed by atoms with Crippen LogP contribution in [0.4, 0.5) is 5.69 Å². The fraction of sp³-hybridized carbons (Fsp3) is 0.167. The van der Waals surface area contributed by atoms with Crippen molar-refractivity contribution in [1.29, 1.82) is 0 Å². The van der Waals surface area contributed by atoms with Crippen molar-refractivity contribution < 1.29 is 8.83 Å². The van der Waals surface area contributed by atoms with Gasteiger partial charge in [0.2, 0.25) is 0 Å². The number of furan rings is 2. The molecule has 0 fully saturated rings. The normalized spacial score (nSPS) is 10.6. The first-order chi connectivity index (χ1) is 11.6. The van der Waals surface area contributed by atoms with E-state index in [0.717, 1.165) is 22.8 Å². The molecular weight excluding hydrogens is 344 g/mol. The van der Waals surface area contributed by atoms with Crippen molar-refractivity contribution in [3.05, 3.63) is 77.1 Å². The summed E-state index contributed by atoms with van der Waals surface area (Å²) >= 11 is 11.8. The zero-order chi connectivity index (χ0) is 16.9. The minimum absolute atomic E-state index is 0.541. The number of anilines is 1. The Morgan fingerprint density at radius 3 is 2.21 bits per heavy atom. The maximum absolute atomic E-state index is 6.18. The van der Waals surface area contributed by atoms with Crippen molar-refractivity contribution in [2.45, 2.75) is 20.0 Å². The number of benzene rings is 1. The van der Waals surface area contributed by atoms with E-state index in [1.165, 1.54) is 0 Å². The number of rotatable bonds is 5. The molecule has 2 aromatic heterocycles. The topological polar surface area (TPSA) is 41.5 Å². The van der Waals surface area contributed by atoms with E-state index < -0.39 is 0 Å². The Bertz CT molecular complexity index is 764. The first-order valence-corrected chi connectivity index (χ1v) is 8.28. The Kier molecular flexibility index (Phi) is 5.23. The van der Waals surface area contributed by atoms with Crippen LogP contribution in [0, 0.1) is 6.92 Å². The van der Waals surface area contributed by atoms with Gasteiger partial charge >= 0.3 is 0 Å². The number of hydrogen-bond donors (Lipinski definition) is 1. The highest BCUT2D eigenvalue weighted by atomic mass is 35.5. The van der Waals surface area contributed by atoms with Crippen molar-refractivity contribution >= 4 is 34.6 Å². The Labute approximate surface area is 151 Å². The van der Waals surface area contributed by atoms with Crippen molar-refractivity contribution in [1.82, 2.24) is 4.90 Å². The molecule has 0 aliphatic rings. The fourth-order valence-electron chi connectivity index (χ4n) is 2.32. The Balaban J connectivity index is 1.78. The van der Waals surface area contributed by atoms with E-state index in [9.17, 15) is 0 Å². The van der Waals surface area contributed by atoms with Gasteiger partial charge in [-0.15, -0.1) is 0 Å². The quantitative estimate of drug-likeness (QED) is 0.630.